The summed E-state index contributed by atoms with van der Waals surface area (Å²) < 4.78 is 6.34. The van der Waals surface area contributed by atoms with Crippen LogP contribution in [0.5, 0.6) is 0 Å². The second-order valence-electron chi connectivity index (χ2n) is 3.96. The van der Waals surface area contributed by atoms with Crippen LogP contribution in [-0.2, 0) is 0 Å². The summed E-state index contributed by atoms with van der Waals surface area (Å²) in [4.78, 5) is 0. The zero-order chi connectivity index (χ0) is 12.2. The standard InChI is InChI=1S/C8H6O.C8H6S/c1-2-4-8-6-9-5-7(8)3-1;1-2-4-8-7(3-1)5-6-9-8/h2*1-6H. The molecular formula is C16H12OS. The summed E-state index contributed by atoms with van der Waals surface area (Å²) in [6.45, 7) is 0. The summed E-state index contributed by atoms with van der Waals surface area (Å²) in [6, 6.07) is 18.6. The SMILES string of the molecule is c1ccc2cocc2c1.c1ccc2sccc2c1. The van der Waals surface area contributed by atoms with E-state index in [4.69, 9.17) is 4.42 Å². The Morgan fingerprint density at radius 1 is 0.667 bits per heavy atom. The molecule has 0 aliphatic heterocycles. The van der Waals surface area contributed by atoms with Gasteiger partial charge in [0.15, 0.2) is 0 Å². The molecule has 4 rings (SSSR count). The number of thiophene rings is 1. The molecule has 0 unspecified atom stereocenters. The molecule has 18 heavy (non-hydrogen) atoms. The minimum atomic E-state index is 1.16. The molecule has 0 spiro atoms. The molecular weight excluding hydrogens is 240 g/mol. The first-order valence-electron chi connectivity index (χ1n) is 5.77. The van der Waals surface area contributed by atoms with Crippen LogP contribution in [0.25, 0.3) is 20.9 Å². The number of rotatable bonds is 0. The van der Waals surface area contributed by atoms with E-state index in [1.165, 1.54) is 10.1 Å². The minimum absolute atomic E-state index is 1.16. The third-order valence-corrected chi connectivity index (χ3v) is 3.65. The van der Waals surface area contributed by atoms with Crippen molar-refractivity contribution < 1.29 is 4.42 Å². The van der Waals surface area contributed by atoms with E-state index in [1.54, 1.807) is 23.9 Å². The zero-order valence-corrected chi connectivity index (χ0v) is 10.6. The van der Waals surface area contributed by atoms with Gasteiger partial charge in [-0.15, -0.1) is 11.3 Å². The number of hydrogen-bond donors (Lipinski definition) is 0. The molecule has 0 fully saturated rings. The summed E-state index contributed by atoms with van der Waals surface area (Å²) in [5.74, 6) is 0. The van der Waals surface area contributed by atoms with Gasteiger partial charge in [-0.1, -0.05) is 42.5 Å². The van der Waals surface area contributed by atoms with Crippen LogP contribution in [0.2, 0.25) is 0 Å². The van der Waals surface area contributed by atoms with Gasteiger partial charge in [-0.3, -0.25) is 0 Å². The Balaban J connectivity index is 0.000000111. The Hall–Kier alpha value is -2.06. The number of furan rings is 1. The minimum Gasteiger partial charge on any atom is -0.471 e. The molecule has 2 heterocycles. The van der Waals surface area contributed by atoms with E-state index in [-0.39, 0.29) is 0 Å². The van der Waals surface area contributed by atoms with Crippen LogP contribution in [0.3, 0.4) is 0 Å². The molecule has 0 radical (unpaired) electrons. The van der Waals surface area contributed by atoms with Gasteiger partial charge in [0.05, 0.1) is 12.5 Å². The maximum atomic E-state index is 4.96. The van der Waals surface area contributed by atoms with Crippen molar-refractivity contribution in [2.45, 2.75) is 0 Å². The smallest absolute Gasteiger partial charge is 0.0981 e. The summed E-state index contributed by atoms with van der Waals surface area (Å²) in [7, 11) is 0. The lowest BCUT2D eigenvalue weighted by atomic mass is 10.2. The van der Waals surface area contributed by atoms with Gasteiger partial charge in [0, 0.05) is 15.5 Å². The number of fused-ring (bicyclic) bond motifs is 2. The zero-order valence-electron chi connectivity index (χ0n) is 9.74. The molecule has 0 N–H and O–H groups in total. The molecule has 0 bridgehead atoms. The van der Waals surface area contributed by atoms with Crippen LogP contribution >= 0.6 is 11.3 Å². The monoisotopic (exact) mass is 252 g/mol. The highest BCUT2D eigenvalue weighted by Crippen LogP contribution is 2.18. The van der Waals surface area contributed by atoms with E-state index in [1.807, 2.05) is 24.3 Å². The summed E-state index contributed by atoms with van der Waals surface area (Å²) >= 11 is 1.79. The molecule has 1 nitrogen and oxygen atoms in total. The van der Waals surface area contributed by atoms with Crippen molar-refractivity contribution in [3.8, 4) is 0 Å². The van der Waals surface area contributed by atoms with Crippen molar-refractivity contribution in [1.82, 2.24) is 0 Å². The summed E-state index contributed by atoms with van der Waals surface area (Å²) in [5, 5.41) is 5.79. The summed E-state index contributed by atoms with van der Waals surface area (Å²) in [5.41, 5.74) is 0. The topological polar surface area (TPSA) is 13.1 Å². The Morgan fingerprint density at radius 3 is 1.94 bits per heavy atom. The first-order chi connectivity index (χ1) is 8.93. The maximum Gasteiger partial charge on any atom is 0.0981 e. The third kappa shape index (κ3) is 2.29. The lowest BCUT2D eigenvalue weighted by molar-refractivity contribution is 0.572. The lowest BCUT2D eigenvalue weighted by Crippen LogP contribution is -1.57. The van der Waals surface area contributed by atoms with Crippen molar-refractivity contribution in [1.29, 1.82) is 0 Å². The predicted octanol–water partition coefficient (Wildman–Crippen LogP) is 5.33. The normalized spacial score (nSPS) is 10.2. The Morgan fingerprint density at radius 2 is 1.28 bits per heavy atom. The fraction of sp³-hybridized carbons (Fsp3) is 0. The Labute approximate surface area is 109 Å². The molecule has 0 atom stereocenters. The Kier molecular flexibility index (Phi) is 3.11. The quantitative estimate of drug-likeness (QED) is 0.412. The number of benzene rings is 2. The maximum absolute atomic E-state index is 4.96. The predicted molar refractivity (Wildman–Crippen MR) is 78.0 cm³/mol. The second kappa shape index (κ2) is 5.07. The van der Waals surface area contributed by atoms with Gasteiger partial charge in [0.2, 0.25) is 0 Å². The van der Waals surface area contributed by atoms with Crippen molar-refractivity contribution in [3.05, 3.63) is 72.5 Å². The van der Waals surface area contributed by atoms with Crippen molar-refractivity contribution in [2.75, 3.05) is 0 Å². The van der Waals surface area contributed by atoms with Crippen LogP contribution < -0.4 is 0 Å². The van der Waals surface area contributed by atoms with E-state index in [0.29, 0.717) is 0 Å². The highest BCUT2D eigenvalue weighted by atomic mass is 32.1. The molecule has 2 aromatic carbocycles. The molecule has 0 saturated heterocycles. The fourth-order valence-corrected chi connectivity index (χ4v) is 2.60. The van der Waals surface area contributed by atoms with E-state index >= 15 is 0 Å². The lowest BCUT2D eigenvalue weighted by Gasteiger charge is -1.82. The van der Waals surface area contributed by atoms with Gasteiger partial charge >= 0.3 is 0 Å². The van der Waals surface area contributed by atoms with Crippen molar-refractivity contribution >= 4 is 32.2 Å². The molecule has 4 aromatic rings. The first-order valence-corrected chi connectivity index (χ1v) is 6.64. The highest BCUT2D eigenvalue weighted by molar-refractivity contribution is 7.17. The average Bonchev–Trinajstić information content (AvgIpc) is 3.08. The molecule has 0 aliphatic carbocycles. The molecule has 2 aromatic heterocycles. The fourth-order valence-electron chi connectivity index (χ4n) is 1.81. The molecule has 2 heteroatoms. The van der Waals surface area contributed by atoms with E-state index in [0.717, 1.165) is 10.8 Å². The highest BCUT2D eigenvalue weighted by Gasteiger charge is 1.89. The van der Waals surface area contributed by atoms with E-state index in [9.17, 15) is 0 Å². The van der Waals surface area contributed by atoms with Crippen LogP contribution in [0.1, 0.15) is 0 Å². The molecule has 0 saturated carbocycles. The van der Waals surface area contributed by atoms with Gasteiger partial charge in [-0.25, -0.2) is 0 Å². The van der Waals surface area contributed by atoms with Crippen molar-refractivity contribution in [3.63, 3.8) is 0 Å². The first kappa shape index (κ1) is 11.1. The van der Waals surface area contributed by atoms with Gasteiger partial charge in [0.25, 0.3) is 0 Å². The summed E-state index contributed by atoms with van der Waals surface area (Å²) in [6.07, 6.45) is 3.49. The van der Waals surface area contributed by atoms with Crippen molar-refractivity contribution in [2.24, 2.45) is 0 Å². The average molecular weight is 252 g/mol. The van der Waals surface area contributed by atoms with Crippen LogP contribution in [0, 0.1) is 0 Å². The Bertz CT molecular complexity index is 625. The van der Waals surface area contributed by atoms with E-state index < -0.39 is 0 Å². The van der Waals surface area contributed by atoms with Crippen LogP contribution in [-0.4, -0.2) is 0 Å². The molecule has 0 aliphatic rings. The molecule has 0 amide bonds. The third-order valence-electron chi connectivity index (χ3n) is 2.75. The number of hydrogen-bond acceptors (Lipinski definition) is 2. The van der Waals surface area contributed by atoms with Gasteiger partial charge in [-0.2, -0.15) is 0 Å². The van der Waals surface area contributed by atoms with E-state index in [2.05, 4.69) is 35.7 Å². The van der Waals surface area contributed by atoms with Crippen LogP contribution in [0.15, 0.2) is 76.9 Å². The molecule has 88 valence electrons. The van der Waals surface area contributed by atoms with Gasteiger partial charge < -0.3 is 4.42 Å². The van der Waals surface area contributed by atoms with Crippen LogP contribution in [0.4, 0.5) is 0 Å². The second-order valence-corrected chi connectivity index (χ2v) is 4.91. The van der Waals surface area contributed by atoms with Gasteiger partial charge in [0.1, 0.15) is 0 Å². The van der Waals surface area contributed by atoms with Gasteiger partial charge in [-0.05, 0) is 22.9 Å². The largest absolute Gasteiger partial charge is 0.471 e.